The summed E-state index contributed by atoms with van der Waals surface area (Å²) in [5.41, 5.74) is 3.79. The lowest BCUT2D eigenvalue weighted by molar-refractivity contribution is -0.287. The highest BCUT2D eigenvalue weighted by atomic mass is 35.5. The average molecular weight is 356 g/mol. The highest BCUT2D eigenvalue weighted by Gasteiger charge is 2.22. The van der Waals surface area contributed by atoms with E-state index in [0.29, 0.717) is 16.4 Å². The van der Waals surface area contributed by atoms with E-state index in [0.717, 1.165) is 27.2 Å². The number of hydrogen-bond acceptors (Lipinski definition) is 3. The fourth-order valence-electron chi connectivity index (χ4n) is 2.72. The Morgan fingerprint density at radius 1 is 0.917 bits per heavy atom. The molecule has 0 aliphatic carbocycles. The molecule has 0 fully saturated rings. The van der Waals surface area contributed by atoms with Gasteiger partial charge in [0.25, 0.3) is 0 Å². The second-order valence-electron chi connectivity index (χ2n) is 5.40. The van der Waals surface area contributed by atoms with Crippen LogP contribution in [0.4, 0.5) is 0 Å². The van der Waals surface area contributed by atoms with Crippen molar-refractivity contribution in [2.75, 3.05) is 0 Å². The smallest absolute Gasteiger partial charge is 0.235 e. The van der Waals surface area contributed by atoms with E-state index in [1.807, 2.05) is 61.6 Å². The van der Waals surface area contributed by atoms with Crippen LogP contribution in [0.5, 0.6) is 0 Å². The minimum atomic E-state index is 0.535. The van der Waals surface area contributed by atoms with Gasteiger partial charge in [-0.2, -0.15) is 5.10 Å². The Morgan fingerprint density at radius 2 is 1.62 bits per heavy atom. The second-order valence-corrected chi connectivity index (χ2v) is 6.21. The number of rotatable bonds is 2. The highest BCUT2D eigenvalue weighted by molar-refractivity contribution is 6.38. The van der Waals surface area contributed by atoms with Crippen LogP contribution in [0.15, 0.2) is 54.6 Å². The standard InChI is InChI=1S/C18H13Cl2N4/c1-24-18-14(17(23-24)12-9-5-6-10-13(12)19)15(20)16(21-22-18)11-7-3-2-4-8-11/h2-10,19H,1H3/q+1. The molecule has 0 radical (unpaired) electrons. The van der Waals surface area contributed by atoms with Crippen molar-refractivity contribution >= 4 is 22.6 Å². The van der Waals surface area contributed by atoms with E-state index < -0.39 is 0 Å². The van der Waals surface area contributed by atoms with Crippen LogP contribution in [0.2, 0.25) is 10.0 Å². The first-order chi connectivity index (χ1) is 11.7. The molecule has 4 rings (SSSR count). The Bertz CT molecular complexity index is 1040. The molecule has 2 aromatic carbocycles. The number of aryl methyl sites for hydroxylation is 1. The normalized spacial score (nSPS) is 11.1. The molecular formula is C18H13Cl2N4+. The van der Waals surface area contributed by atoms with Gasteiger partial charge < -0.3 is 0 Å². The zero-order chi connectivity index (χ0) is 16.7. The number of aromatic nitrogens is 4. The van der Waals surface area contributed by atoms with E-state index >= 15 is 0 Å². The summed E-state index contributed by atoms with van der Waals surface area (Å²) in [6.45, 7) is 0. The maximum atomic E-state index is 6.71. The first-order valence-electron chi connectivity index (χ1n) is 7.37. The SMILES string of the molecule is Cn1nc(-c2ccccc2[ClH+])c2c(Cl)c(-c3ccccc3)nnc21. The molecule has 2 aromatic heterocycles. The van der Waals surface area contributed by atoms with E-state index in [9.17, 15) is 0 Å². The molecule has 0 saturated carbocycles. The van der Waals surface area contributed by atoms with Gasteiger partial charge in [-0.1, -0.05) is 54.1 Å². The molecule has 4 nitrogen and oxygen atoms in total. The summed E-state index contributed by atoms with van der Waals surface area (Å²) in [7, 11) is 1.82. The molecule has 118 valence electrons. The second kappa shape index (κ2) is 5.89. The lowest BCUT2D eigenvalue weighted by Gasteiger charge is -2.04. The third-order valence-corrected chi connectivity index (χ3v) is 4.60. The van der Waals surface area contributed by atoms with Crippen LogP contribution in [0, 0.1) is 11.6 Å². The molecule has 6 heteroatoms. The van der Waals surface area contributed by atoms with Gasteiger partial charge >= 0.3 is 0 Å². The van der Waals surface area contributed by atoms with E-state index in [1.165, 1.54) is 0 Å². The van der Waals surface area contributed by atoms with Gasteiger partial charge in [-0.05, 0) is 6.07 Å². The van der Waals surface area contributed by atoms with Gasteiger partial charge in [0, 0.05) is 18.7 Å². The van der Waals surface area contributed by atoms with Gasteiger partial charge in [0.05, 0.1) is 16.0 Å². The summed E-state index contributed by atoms with van der Waals surface area (Å²) in [6.07, 6.45) is 0. The molecule has 2 heterocycles. The van der Waals surface area contributed by atoms with Crippen LogP contribution in [0.1, 0.15) is 0 Å². The van der Waals surface area contributed by atoms with E-state index in [1.54, 1.807) is 4.68 Å². The minimum absolute atomic E-state index is 0.535. The summed E-state index contributed by atoms with van der Waals surface area (Å²) in [4.78, 5) is 0. The van der Waals surface area contributed by atoms with Crippen LogP contribution < -0.4 is 0 Å². The zero-order valence-electron chi connectivity index (χ0n) is 12.8. The largest absolute Gasteiger partial charge is 0.248 e. The molecule has 0 atom stereocenters. The Balaban J connectivity index is 2.05. The lowest BCUT2D eigenvalue weighted by Crippen LogP contribution is -1.95. The van der Waals surface area contributed by atoms with Crippen molar-refractivity contribution in [1.29, 1.82) is 0 Å². The number of hydrogen-bond donors (Lipinski definition) is 0. The molecule has 0 saturated heterocycles. The maximum absolute atomic E-state index is 6.71. The van der Waals surface area contributed by atoms with Gasteiger partial charge in [0.2, 0.25) is 5.02 Å². The summed E-state index contributed by atoms with van der Waals surface area (Å²) in [5, 5.41) is 15.2. The first-order valence-corrected chi connectivity index (χ1v) is 8.16. The fourth-order valence-corrected chi connectivity index (χ4v) is 3.29. The Hall–Kier alpha value is -2.43. The van der Waals surface area contributed by atoms with Crippen LogP contribution >= 0.6 is 11.6 Å². The summed E-state index contributed by atoms with van der Waals surface area (Å²) < 4.78 is 1.68. The van der Waals surface area contributed by atoms with E-state index in [4.69, 9.17) is 23.2 Å². The Labute approximate surface area is 148 Å². The summed E-state index contributed by atoms with van der Waals surface area (Å²) in [6, 6.07) is 17.4. The van der Waals surface area contributed by atoms with Crippen molar-refractivity contribution in [2.24, 2.45) is 7.05 Å². The maximum Gasteiger partial charge on any atom is 0.235 e. The third kappa shape index (κ3) is 2.35. The zero-order valence-corrected chi connectivity index (χ0v) is 14.3. The number of fused-ring (bicyclic) bond motifs is 1. The molecule has 0 amide bonds. The van der Waals surface area contributed by atoms with Gasteiger partial charge in [-0.15, -0.1) is 10.2 Å². The molecule has 4 aromatic rings. The molecule has 0 aliphatic heterocycles. The summed E-state index contributed by atoms with van der Waals surface area (Å²) in [5.74, 6) is 0. The molecule has 0 N–H and O–H groups in total. The Morgan fingerprint density at radius 3 is 2.38 bits per heavy atom. The molecule has 24 heavy (non-hydrogen) atoms. The molecule has 0 unspecified atom stereocenters. The van der Waals surface area contributed by atoms with Crippen molar-refractivity contribution in [3.63, 3.8) is 0 Å². The third-order valence-electron chi connectivity index (χ3n) is 3.88. The predicted octanol–water partition coefficient (Wildman–Crippen LogP) is 4.05. The van der Waals surface area contributed by atoms with E-state index in [-0.39, 0.29) is 0 Å². The quantitative estimate of drug-likeness (QED) is 0.544. The lowest BCUT2D eigenvalue weighted by atomic mass is 10.1. The van der Waals surface area contributed by atoms with Crippen LogP contribution in [0.25, 0.3) is 33.5 Å². The molecule has 0 bridgehead atoms. The molecule has 0 spiro atoms. The highest BCUT2D eigenvalue weighted by Crippen LogP contribution is 2.37. The van der Waals surface area contributed by atoms with Crippen molar-refractivity contribution < 1.29 is 11.6 Å². The van der Waals surface area contributed by atoms with Crippen molar-refractivity contribution in [3.8, 4) is 22.5 Å². The summed E-state index contributed by atoms with van der Waals surface area (Å²) >= 11 is 12.2. The molecule has 0 aliphatic rings. The van der Waals surface area contributed by atoms with Crippen molar-refractivity contribution in [1.82, 2.24) is 20.0 Å². The first kappa shape index (κ1) is 15.1. The number of nitrogens with zero attached hydrogens (tertiary/aromatic N) is 4. The number of benzene rings is 2. The molecular weight excluding hydrogens is 343 g/mol. The number of halogens is 2. The topological polar surface area (TPSA) is 43.6 Å². The van der Waals surface area contributed by atoms with Gasteiger partial charge in [0.1, 0.15) is 11.4 Å². The van der Waals surface area contributed by atoms with Crippen LogP contribution in [-0.2, 0) is 7.05 Å². The average Bonchev–Trinajstić information content (AvgIpc) is 2.94. The van der Waals surface area contributed by atoms with Crippen LogP contribution in [-0.4, -0.2) is 20.0 Å². The minimum Gasteiger partial charge on any atom is -0.248 e. The van der Waals surface area contributed by atoms with Gasteiger partial charge in [-0.3, -0.25) is 0 Å². The van der Waals surface area contributed by atoms with Crippen molar-refractivity contribution in [3.05, 3.63) is 64.6 Å². The van der Waals surface area contributed by atoms with E-state index in [2.05, 4.69) is 15.3 Å². The van der Waals surface area contributed by atoms with Gasteiger partial charge in [-0.25, -0.2) is 4.68 Å². The Kier molecular flexibility index (Phi) is 3.71. The monoisotopic (exact) mass is 355 g/mol. The predicted molar refractivity (Wildman–Crippen MR) is 92.7 cm³/mol. The van der Waals surface area contributed by atoms with Gasteiger partial charge in [0.15, 0.2) is 17.2 Å². The van der Waals surface area contributed by atoms with Crippen LogP contribution in [0.3, 0.4) is 0 Å². The fraction of sp³-hybridized carbons (Fsp3) is 0.0556. The van der Waals surface area contributed by atoms with Crippen molar-refractivity contribution in [2.45, 2.75) is 0 Å².